The maximum absolute atomic E-state index is 13.4. The van der Waals surface area contributed by atoms with Gasteiger partial charge in [0.15, 0.2) is 0 Å². The van der Waals surface area contributed by atoms with E-state index in [4.69, 9.17) is 5.11 Å². The summed E-state index contributed by atoms with van der Waals surface area (Å²) in [4.78, 5) is 10.9. The second kappa shape index (κ2) is 8.57. The van der Waals surface area contributed by atoms with Crippen LogP contribution in [0, 0.1) is 17.7 Å². The molecule has 5 heteroatoms. The van der Waals surface area contributed by atoms with Gasteiger partial charge in [0.25, 0.3) is 0 Å². The van der Waals surface area contributed by atoms with Crippen LogP contribution in [-0.4, -0.2) is 30.5 Å². The Balaban J connectivity index is 2.64. The van der Waals surface area contributed by atoms with Crippen LogP contribution in [0.25, 0.3) is 0 Å². The molecule has 0 aliphatic rings. The predicted octanol–water partition coefficient (Wildman–Crippen LogP) is 1.97. The first-order valence-corrected chi connectivity index (χ1v) is 6.85. The number of hydrogen-bond donors (Lipinski definition) is 1. The van der Waals surface area contributed by atoms with E-state index in [1.165, 1.54) is 31.0 Å². The molecule has 0 heterocycles. The molecule has 102 valence electrons. The Morgan fingerprint density at radius 2 is 2.26 bits per heavy atom. The molecule has 19 heavy (non-hydrogen) atoms. The minimum absolute atomic E-state index is 0.00977. The quantitative estimate of drug-likeness (QED) is 0.662. The fraction of sp³-hybridized carbons (Fsp3) is 0.357. The number of carbonyl (C=O) groups excluding carboxylic acids is 1. The van der Waals surface area contributed by atoms with Gasteiger partial charge >= 0.3 is 5.97 Å². The second-order valence-corrected chi connectivity index (χ2v) is 4.68. The average molecular weight is 282 g/mol. The van der Waals surface area contributed by atoms with Gasteiger partial charge in [-0.2, -0.15) is 0 Å². The van der Waals surface area contributed by atoms with Crippen LogP contribution in [0.2, 0.25) is 0 Å². The third kappa shape index (κ3) is 6.27. The van der Waals surface area contributed by atoms with Crippen LogP contribution in [0.5, 0.6) is 0 Å². The van der Waals surface area contributed by atoms with Gasteiger partial charge in [-0.3, -0.25) is 4.79 Å². The zero-order valence-corrected chi connectivity index (χ0v) is 11.4. The van der Waals surface area contributed by atoms with E-state index in [2.05, 4.69) is 16.6 Å². The summed E-state index contributed by atoms with van der Waals surface area (Å²) in [7, 11) is 1.33. The van der Waals surface area contributed by atoms with Crippen molar-refractivity contribution in [1.82, 2.24) is 0 Å². The van der Waals surface area contributed by atoms with Crippen molar-refractivity contribution >= 4 is 17.7 Å². The summed E-state index contributed by atoms with van der Waals surface area (Å²) in [6, 6.07) is 4.54. The van der Waals surface area contributed by atoms with Crippen molar-refractivity contribution in [3.63, 3.8) is 0 Å². The molecule has 0 aliphatic heterocycles. The minimum Gasteiger partial charge on any atom is -0.468 e. The number of aliphatic hydroxyl groups excluding tert-OH is 1. The van der Waals surface area contributed by atoms with Gasteiger partial charge in [-0.1, -0.05) is 11.8 Å². The lowest BCUT2D eigenvalue weighted by molar-refractivity contribution is -0.137. The number of rotatable bonds is 5. The van der Waals surface area contributed by atoms with Crippen LogP contribution < -0.4 is 0 Å². The highest BCUT2D eigenvalue weighted by Gasteiger charge is 2.03. The van der Waals surface area contributed by atoms with Crippen molar-refractivity contribution in [2.24, 2.45) is 0 Å². The summed E-state index contributed by atoms with van der Waals surface area (Å²) >= 11 is 1.36. The molecule has 1 aromatic carbocycles. The molecule has 0 saturated carbocycles. The van der Waals surface area contributed by atoms with Gasteiger partial charge < -0.3 is 9.84 Å². The standard InChI is InChI=1S/C14H15FO3S/c1-18-14(17)10-19-9-12-6-11(4-2-3-5-16)7-13(15)8-12/h6-8,16H,3,5,9-10H2,1H3. The molecule has 0 aliphatic carbocycles. The molecule has 1 N–H and O–H groups in total. The van der Waals surface area contributed by atoms with E-state index in [9.17, 15) is 9.18 Å². The highest BCUT2D eigenvalue weighted by atomic mass is 32.2. The largest absolute Gasteiger partial charge is 0.468 e. The number of benzene rings is 1. The van der Waals surface area contributed by atoms with Crippen LogP contribution in [0.4, 0.5) is 4.39 Å². The molecule has 0 unspecified atom stereocenters. The van der Waals surface area contributed by atoms with Crippen molar-refractivity contribution in [3.05, 3.63) is 35.1 Å². The van der Waals surface area contributed by atoms with Crippen LogP contribution in [-0.2, 0) is 15.3 Å². The highest BCUT2D eigenvalue weighted by molar-refractivity contribution is 7.99. The van der Waals surface area contributed by atoms with Gasteiger partial charge in [0.05, 0.1) is 19.5 Å². The molecule has 0 bridgehead atoms. The van der Waals surface area contributed by atoms with Crippen LogP contribution >= 0.6 is 11.8 Å². The van der Waals surface area contributed by atoms with Crippen molar-refractivity contribution in [1.29, 1.82) is 0 Å². The lowest BCUT2D eigenvalue weighted by atomic mass is 10.1. The Labute approximate surface area is 116 Å². The Kier molecular flexibility index (Phi) is 7.01. The normalized spacial score (nSPS) is 9.63. The third-order valence-corrected chi connectivity index (χ3v) is 3.12. The number of methoxy groups -OCH3 is 1. The molecule has 0 aromatic heterocycles. The SMILES string of the molecule is COC(=O)CSCc1cc(F)cc(C#CCCO)c1. The fourth-order valence-corrected chi connectivity index (χ4v) is 2.13. The minimum atomic E-state index is -0.357. The summed E-state index contributed by atoms with van der Waals surface area (Å²) < 4.78 is 17.9. The Morgan fingerprint density at radius 1 is 1.47 bits per heavy atom. The van der Waals surface area contributed by atoms with E-state index >= 15 is 0 Å². The zero-order valence-electron chi connectivity index (χ0n) is 10.6. The number of esters is 1. The molecule has 0 spiro atoms. The van der Waals surface area contributed by atoms with E-state index in [1.54, 1.807) is 6.07 Å². The van der Waals surface area contributed by atoms with E-state index in [0.717, 1.165) is 5.56 Å². The van der Waals surface area contributed by atoms with Gasteiger partial charge in [0.2, 0.25) is 0 Å². The number of halogens is 1. The molecule has 1 rings (SSSR count). The first-order valence-electron chi connectivity index (χ1n) is 5.69. The van der Waals surface area contributed by atoms with Crippen LogP contribution in [0.15, 0.2) is 18.2 Å². The van der Waals surface area contributed by atoms with Crippen molar-refractivity contribution in [2.45, 2.75) is 12.2 Å². The van der Waals surface area contributed by atoms with Gasteiger partial charge in [-0.15, -0.1) is 11.8 Å². The van der Waals surface area contributed by atoms with Crippen LogP contribution in [0.1, 0.15) is 17.5 Å². The molecular formula is C14H15FO3S. The summed E-state index contributed by atoms with van der Waals surface area (Å²) in [5.41, 5.74) is 1.34. The number of hydrogen-bond acceptors (Lipinski definition) is 4. The molecule has 0 atom stereocenters. The first kappa shape index (κ1) is 15.5. The lowest BCUT2D eigenvalue weighted by Crippen LogP contribution is -2.03. The molecule has 0 amide bonds. The van der Waals surface area contributed by atoms with Crippen molar-refractivity contribution in [2.75, 3.05) is 19.5 Å². The third-order valence-electron chi connectivity index (χ3n) is 2.14. The predicted molar refractivity (Wildman–Crippen MR) is 73.2 cm³/mol. The summed E-state index contributed by atoms with van der Waals surface area (Å²) in [6.07, 6.45) is 0.364. The van der Waals surface area contributed by atoms with E-state index < -0.39 is 0 Å². The van der Waals surface area contributed by atoms with E-state index in [1.807, 2.05) is 0 Å². The number of aliphatic hydroxyl groups is 1. The van der Waals surface area contributed by atoms with Crippen LogP contribution in [0.3, 0.4) is 0 Å². The summed E-state index contributed by atoms with van der Waals surface area (Å²) in [6.45, 7) is -0.00977. The maximum atomic E-state index is 13.4. The average Bonchev–Trinajstić information content (AvgIpc) is 2.38. The zero-order chi connectivity index (χ0) is 14.1. The molecular weight excluding hydrogens is 267 g/mol. The first-order chi connectivity index (χ1) is 9.15. The molecule has 0 saturated heterocycles. The Morgan fingerprint density at radius 3 is 2.95 bits per heavy atom. The number of thioether (sulfide) groups is 1. The molecule has 3 nitrogen and oxygen atoms in total. The molecule has 1 aromatic rings. The topological polar surface area (TPSA) is 46.5 Å². The van der Waals surface area contributed by atoms with Gasteiger partial charge in [0, 0.05) is 17.7 Å². The highest BCUT2D eigenvalue weighted by Crippen LogP contribution is 2.15. The number of ether oxygens (including phenoxy) is 1. The Bertz CT molecular complexity index is 491. The monoisotopic (exact) mass is 282 g/mol. The van der Waals surface area contributed by atoms with E-state index in [0.29, 0.717) is 17.7 Å². The van der Waals surface area contributed by atoms with Gasteiger partial charge in [0.1, 0.15) is 5.82 Å². The number of carbonyl (C=O) groups is 1. The van der Waals surface area contributed by atoms with E-state index in [-0.39, 0.29) is 24.1 Å². The van der Waals surface area contributed by atoms with Gasteiger partial charge in [-0.05, 0) is 23.8 Å². The van der Waals surface area contributed by atoms with Crippen molar-refractivity contribution in [3.8, 4) is 11.8 Å². The second-order valence-electron chi connectivity index (χ2n) is 3.69. The summed E-state index contributed by atoms with van der Waals surface area (Å²) in [5.74, 6) is 5.62. The fourth-order valence-electron chi connectivity index (χ4n) is 1.34. The smallest absolute Gasteiger partial charge is 0.315 e. The van der Waals surface area contributed by atoms with Crippen molar-refractivity contribution < 1.29 is 19.0 Å². The summed E-state index contributed by atoms with van der Waals surface area (Å²) in [5, 5.41) is 8.62. The molecule has 0 fully saturated rings. The Hall–Kier alpha value is -1.51. The lowest BCUT2D eigenvalue weighted by Gasteiger charge is -2.02. The maximum Gasteiger partial charge on any atom is 0.315 e. The molecule has 0 radical (unpaired) electrons. The van der Waals surface area contributed by atoms with Gasteiger partial charge in [-0.25, -0.2) is 4.39 Å².